The van der Waals surface area contributed by atoms with E-state index in [-0.39, 0.29) is 5.56 Å². The highest BCUT2D eigenvalue weighted by Crippen LogP contribution is 2.02. The van der Waals surface area contributed by atoms with Crippen LogP contribution in [0.25, 0.3) is 0 Å². The topological polar surface area (TPSA) is 83.8 Å². The van der Waals surface area contributed by atoms with E-state index in [2.05, 4.69) is 22.2 Å². The lowest BCUT2D eigenvalue weighted by Crippen LogP contribution is -2.17. The van der Waals surface area contributed by atoms with Gasteiger partial charge in [-0.15, -0.1) is 0 Å². The first-order valence-electron chi connectivity index (χ1n) is 4.71. The van der Waals surface area contributed by atoms with Gasteiger partial charge in [-0.25, -0.2) is 4.98 Å². The van der Waals surface area contributed by atoms with E-state index in [0.717, 1.165) is 13.0 Å². The van der Waals surface area contributed by atoms with Crippen LogP contribution in [0.1, 0.15) is 13.3 Å². The Bertz CT molecular complexity index is 323. The van der Waals surface area contributed by atoms with E-state index in [1.165, 1.54) is 12.4 Å². The summed E-state index contributed by atoms with van der Waals surface area (Å²) < 4.78 is 0. The summed E-state index contributed by atoms with van der Waals surface area (Å²) in [6, 6.07) is 1.44. The highest BCUT2D eigenvalue weighted by molar-refractivity contribution is 5.31. The van der Waals surface area contributed by atoms with Crippen molar-refractivity contribution in [1.82, 2.24) is 9.97 Å². The van der Waals surface area contributed by atoms with E-state index < -0.39 is 0 Å². The van der Waals surface area contributed by atoms with Gasteiger partial charge < -0.3 is 16.0 Å². The molecule has 0 aliphatic heterocycles. The molecule has 1 unspecified atom stereocenters. The predicted octanol–water partition coefficient (Wildman–Crippen LogP) is 0.167. The van der Waals surface area contributed by atoms with Gasteiger partial charge in [-0.1, -0.05) is 6.92 Å². The van der Waals surface area contributed by atoms with Crippen LogP contribution in [0, 0.1) is 5.92 Å². The van der Waals surface area contributed by atoms with Crippen molar-refractivity contribution < 1.29 is 0 Å². The van der Waals surface area contributed by atoms with Gasteiger partial charge in [0.2, 0.25) is 0 Å². The zero-order valence-electron chi connectivity index (χ0n) is 8.29. The molecule has 1 heterocycles. The smallest absolute Gasteiger partial charge is 0.252 e. The Morgan fingerprint density at radius 3 is 3.14 bits per heavy atom. The number of aromatic amines is 1. The second-order valence-electron chi connectivity index (χ2n) is 3.36. The molecule has 0 amide bonds. The molecule has 0 fully saturated rings. The molecule has 0 saturated carbocycles. The highest BCUT2D eigenvalue weighted by atomic mass is 16.1. The van der Waals surface area contributed by atoms with Crippen LogP contribution in [0.5, 0.6) is 0 Å². The van der Waals surface area contributed by atoms with Crippen molar-refractivity contribution in [3.63, 3.8) is 0 Å². The summed E-state index contributed by atoms with van der Waals surface area (Å²) in [5.41, 5.74) is 5.28. The lowest BCUT2D eigenvalue weighted by Gasteiger charge is -2.10. The average molecular weight is 196 g/mol. The van der Waals surface area contributed by atoms with Gasteiger partial charge in [-0.2, -0.15) is 0 Å². The van der Waals surface area contributed by atoms with Gasteiger partial charge in [-0.3, -0.25) is 4.79 Å². The van der Waals surface area contributed by atoms with Crippen molar-refractivity contribution in [3.05, 3.63) is 22.7 Å². The first-order valence-corrected chi connectivity index (χ1v) is 4.71. The van der Waals surface area contributed by atoms with E-state index in [0.29, 0.717) is 18.3 Å². The Balaban J connectivity index is 2.41. The third-order valence-corrected chi connectivity index (χ3v) is 1.97. The highest BCUT2D eigenvalue weighted by Gasteiger charge is 2.00. The van der Waals surface area contributed by atoms with Crippen molar-refractivity contribution in [1.29, 1.82) is 0 Å². The summed E-state index contributed by atoms with van der Waals surface area (Å²) in [4.78, 5) is 17.3. The average Bonchev–Trinajstić information content (AvgIpc) is 2.15. The van der Waals surface area contributed by atoms with Gasteiger partial charge >= 0.3 is 0 Å². The molecule has 78 valence electrons. The molecule has 0 radical (unpaired) electrons. The third kappa shape index (κ3) is 3.57. The summed E-state index contributed by atoms with van der Waals surface area (Å²) in [6.45, 7) is 3.58. The molecule has 1 aromatic rings. The fraction of sp³-hybridized carbons (Fsp3) is 0.556. The number of aromatic nitrogens is 2. The summed E-state index contributed by atoms with van der Waals surface area (Å²) in [6.07, 6.45) is 2.36. The van der Waals surface area contributed by atoms with Crippen molar-refractivity contribution in [2.45, 2.75) is 13.3 Å². The molecule has 0 spiro atoms. The largest absolute Gasteiger partial charge is 0.370 e. The number of hydrogen-bond acceptors (Lipinski definition) is 4. The van der Waals surface area contributed by atoms with Crippen molar-refractivity contribution in [2.75, 3.05) is 18.4 Å². The third-order valence-electron chi connectivity index (χ3n) is 1.97. The van der Waals surface area contributed by atoms with Gasteiger partial charge in [0.25, 0.3) is 5.56 Å². The summed E-state index contributed by atoms with van der Waals surface area (Å²) in [5.74, 6) is 1.10. The van der Waals surface area contributed by atoms with Gasteiger partial charge in [0.05, 0.1) is 6.33 Å². The first-order chi connectivity index (χ1) is 6.72. The predicted molar refractivity (Wildman–Crippen MR) is 56.2 cm³/mol. The summed E-state index contributed by atoms with van der Waals surface area (Å²) >= 11 is 0. The number of H-pyrrole nitrogens is 1. The van der Waals surface area contributed by atoms with Crippen LogP contribution in [0.15, 0.2) is 17.2 Å². The fourth-order valence-corrected chi connectivity index (χ4v) is 1.13. The number of nitrogens with zero attached hydrogens (tertiary/aromatic N) is 1. The van der Waals surface area contributed by atoms with E-state index in [4.69, 9.17) is 5.73 Å². The van der Waals surface area contributed by atoms with Crippen LogP contribution < -0.4 is 16.6 Å². The zero-order chi connectivity index (χ0) is 10.4. The van der Waals surface area contributed by atoms with E-state index in [9.17, 15) is 4.79 Å². The molecule has 5 nitrogen and oxygen atoms in total. The number of nitrogens with two attached hydrogens (primary N) is 1. The maximum Gasteiger partial charge on any atom is 0.252 e. The Morgan fingerprint density at radius 2 is 2.50 bits per heavy atom. The second-order valence-corrected chi connectivity index (χ2v) is 3.36. The molecule has 1 rings (SSSR count). The molecule has 1 aromatic heterocycles. The van der Waals surface area contributed by atoms with Crippen LogP contribution in [-0.2, 0) is 0 Å². The molecule has 0 saturated heterocycles. The maximum absolute atomic E-state index is 10.9. The zero-order valence-corrected chi connectivity index (χ0v) is 8.29. The Labute approximate surface area is 82.7 Å². The standard InChI is InChI=1S/C9H16N4O/c1-7(2-3-10)5-11-8-4-9(14)13-6-12-8/h4,6-7H,2-3,5,10H2,1H3,(H2,11,12,13,14). The lowest BCUT2D eigenvalue weighted by molar-refractivity contribution is 0.567. The Morgan fingerprint density at radius 1 is 1.71 bits per heavy atom. The number of hydrogen-bond donors (Lipinski definition) is 3. The summed E-state index contributed by atoms with van der Waals surface area (Å²) in [5, 5.41) is 3.08. The van der Waals surface area contributed by atoms with Crippen LogP contribution in [0.2, 0.25) is 0 Å². The fourth-order valence-electron chi connectivity index (χ4n) is 1.13. The van der Waals surface area contributed by atoms with Gasteiger partial charge in [-0.05, 0) is 18.9 Å². The van der Waals surface area contributed by atoms with Crippen molar-refractivity contribution in [2.24, 2.45) is 11.7 Å². The summed E-state index contributed by atoms with van der Waals surface area (Å²) in [7, 11) is 0. The van der Waals surface area contributed by atoms with Gasteiger partial charge in [0.1, 0.15) is 5.82 Å². The van der Waals surface area contributed by atoms with Crippen LogP contribution in [0.4, 0.5) is 5.82 Å². The normalized spacial score (nSPS) is 12.4. The van der Waals surface area contributed by atoms with E-state index in [1.54, 1.807) is 0 Å². The monoisotopic (exact) mass is 196 g/mol. The molecule has 0 bridgehead atoms. The molecule has 14 heavy (non-hydrogen) atoms. The number of anilines is 1. The Kier molecular flexibility index (Phi) is 4.12. The second kappa shape index (κ2) is 5.39. The van der Waals surface area contributed by atoms with Crippen LogP contribution >= 0.6 is 0 Å². The minimum absolute atomic E-state index is 0.144. The molecule has 4 N–H and O–H groups in total. The lowest BCUT2D eigenvalue weighted by atomic mass is 10.1. The quantitative estimate of drug-likeness (QED) is 0.626. The molecule has 0 aromatic carbocycles. The first kappa shape index (κ1) is 10.7. The number of nitrogens with one attached hydrogen (secondary N) is 2. The molecule has 1 atom stereocenters. The van der Waals surface area contributed by atoms with E-state index >= 15 is 0 Å². The van der Waals surface area contributed by atoms with E-state index in [1.807, 2.05) is 0 Å². The minimum Gasteiger partial charge on any atom is -0.370 e. The molecule has 0 aliphatic carbocycles. The van der Waals surface area contributed by atoms with Crippen molar-refractivity contribution >= 4 is 5.82 Å². The van der Waals surface area contributed by atoms with Crippen molar-refractivity contribution in [3.8, 4) is 0 Å². The van der Waals surface area contributed by atoms with Crippen LogP contribution in [0.3, 0.4) is 0 Å². The molecular formula is C9H16N4O. The maximum atomic E-state index is 10.9. The minimum atomic E-state index is -0.144. The van der Waals surface area contributed by atoms with Gasteiger partial charge in [0, 0.05) is 12.6 Å². The molecule has 5 heteroatoms. The SMILES string of the molecule is CC(CCN)CNc1cc(=O)[nH]cn1. The number of rotatable bonds is 5. The van der Waals surface area contributed by atoms with Crippen LogP contribution in [-0.4, -0.2) is 23.1 Å². The Hall–Kier alpha value is -1.36. The molecular weight excluding hydrogens is 180 g/mol. The molecule has 0 aliphatic rings. The van der Waals surface area contributed by atoms with Gasteiger partial charge in [0.15, 0.2) is 0 Å².